The Hall–Kier alpha value is -1.43. The van der Waals surface area contributed by atoms with Crippen molar-refractivity contribution in [1.82, 2.24) is 10.2 Å². The Kier molecular flexibility index (Phi) is 4.59. The molecule has 114 valence electrons. The van der Waals surface area contributed by atoms with Crippen LogP contribution in [0.3, 0.4) is 0 Å². The number of amides is 2. The number of rotatable bonds is 6. The summed E-state index contributed by atoms with van der Waals surface area (Å²) in [4.78, 5) is 36.6. The third-order valence-corrected chi connectivity index (χ3v) is 4.32. The van der Waals surface area contributed by atoms with Gasteiger partial charge < -0.3 is 5.11 Å². The van der Waals surface area contributed by atoms with Gasteiger partial charge in [0.25, 0.3) is 0 Å². The molecule has 20 heavy (non-hydrogen) atoms. The number of carboxylic acid groups (broad SMARTS) is 1. The highest BCUT2D eigenvalue weighted by Gasteiger charge is 2.48. The summed E-state index contributed by atoms with van der Waals surface area (Å²) in [6, 6.07) is -0.636. The largest absolute Gasteiger partial charge is 0.481 e. The van der Waals surface area contributed by atoms with Crippen LogP contribution in [-0.2, 0) is 14.4 Å². The molecule has 0 aromatic rings. The predicted molar refractivity (Wildman–Crippen MR) is 74.0 cm³/mol. The molecule has 0 aromatic carbocycles. The summed E-state index contributed by atoms with van der Waals surface area (Å²) in [5.74, 6) is -1.40. The molecule has 1 rings (SSSR count). The van der Waals surface area contributed by atoms with Gasteiger partial charge in [0.1, 0.15) is 0 Å². The van der Waals surface area contributed by atoms with E-state index >= 15 is 0 Å². The van der Waals surface area contributed by atoms with Crippen molar-refractivity contribution in [1.29, 1.82) is 0 Å². The van der Waals surface area contributed by atoms with Crippen LogP contribution in [0.4, 0.5) is 0 Å². The van der Waals surface area contributed by atoms with Crippen LogP contribution in [0.2, 0.25) is 0 Å². The maximum atomic E-state index is 12.2. The zero-order valence-corrected chi connectivity index (χ0v) is 12.8. The monoisotopic (exact) mass is 284 g/mol. The van der Waals surface area contributed by atoms with Gasteiger partial charge in [-0.3, -0.25) is 24.6 Å². The van der Waals surface area contributed by atoms with Gasteiger partial charge in [-0.05, 0) is 34.1 Å². The molecule has 1 atom stereocenters. The predicted octanol–water partition coefficient (Wildman–Crippen LogP) is 1.00. The molecule has 1 aliphatic rings. The standard InChI is InChI=1S/C14H24N2O4/c1-6-7-16-10(17)8-9(11(16)18)15-14(4,5)13(2,3)12(19)20/h9,15H,6-8H2,1-5H3,(H,19,20). The third-order valence-electron chi connectivity index (χ3n) is 4.32. The Balaban J connectivity index is 2.87. The molecule has 2 N–H and O–H groups in total. The summed E-state index contributed by atoms with van der Waals surface area (Å²) in [5.41, 5.74) is -1.88. The van der Waals surface area contributed by atoms with Gasteiger partial charge in [-0.15, -0.1) is 0 Å². The SMILES string of the molecule is CCCN1C(=O)CC(NC(C)(C)C(C)(C)C(=O)O)C1=O. The lowest BCUT2D eigenvalue weighted by Gasteiger charge is -2.40. The second kappa shape index (κ2) is 5.52. The van der Waals surface area contributed by atoms with Crippen molar-refractivity contribution >= 4 is 17.8 Å². The molecule has 0 spiro atoms. The Bertz CT molecular complexity index is 429. The van der Waals surface area contributed by atoms with Gasteiger partial charge in [0.15, 0.2) is 0 Å². The smallest absolute Gasteiger partial charge is 0.310 e. The molecule has 2 amide bonds. The fourth-order valence-electron chi connectivity index (χ4n) is 2.14. The molecule has 1 heterocycles. The number of nitrogens with one attached hydrogen (secondary N) is 1. The average molecular weight is 284 g/mol. The quantitative estimate of drug-likeness (QED) is 0.711. The average Bonchev–Trinajstić information content (AvgIpc) is 2.56. The van der Waals surface area contributed by atoms with Crippen LogP contribution in [0.25, 0.3) is 0 Å². The molecule has 0 aliphatic carbocycles. The Morgan fingerprint density at radius 1 is 1.35 bits per heavy atom. The summed E-state index contributed by atoms with van der Waals surface area (Å²) in [6.45, 7) is 9.00. The molecule has 6 heteroatoms. The van der Waals surface area contributed by atoms with E-state index in [1.807, 2.05) is 6.92 Å². The van der Waals surface area contributed by atoms with Gasteiger partial charge in [-0.2, -0.15) is 0 Å². The van der Waals surface area contributed by atoms with Crippen molar-refractivity contribution in [2.24, 2.45) is 5.41 Å². The van der Waals surface area contributed by atoms with E-state index in [2.05, 4.69) is 5.32 Å². The van der Waals surface area contributed by atoms with E-state index < -0.39 is 23.0 Å². The van der Waals surface area contributed by atoms with E-state index in [4.69, 9.17) is 0 Å². The number of imide groups is 1. The van der Waals surface area contributed by atoms with Gasteiger partial charge in [-0.1, -0.05) is 6.92 Å². The van der Waals surface area contributed by atoms with Crippen LogP contribution < -0.4 is 5.32 Å². The maximum absolute atomic E-state index is 12.2. The van der Waals surface area contributed by atoms with Crippen molar-refractivity contribution in [3.63, 3.8) is 0 Å². The van der Waals surface area contributed by atoms with Crippen LogP contribution in [0.5, 0.6) is 0 Å². The fraction of sp³-hybridized carbons (Fsp3) is 0.786. The second-order valence-electron chi connectivity index (χ2n) is 6.34. The van der Waals surface area contributed by atoms with Crippen molar-refractivity contribution in [3.05, 3.63) is 0 Å². The summed E-state index contributed by atoms with van der Waals surface area (Å²) in [7, 11) is 0. The molecule has 6 nitrogen and oxygen atoms in total. The summed E-state index contributed by atoms with van der Waals surface area (Å²) < 4.78 is 0. The zero-order chi connectivity index (χ0) is 15.7. The van der Waals surface area contributed by atoms with Crippen molar-refractivity contribution in [2.45, 2.75) is 59.0 Å². The fourth-order valence-corrected chi connectivity index (χ4v) is 2.14. The van der Waals surface area contributed by atoms with Crippen molar-refractivity contribution in [3.8, 4) is 0 Å². The minimum Gasteiger partial charge on any atom is -0.481 e. The molecule has 1 saturated heterocycles. The van der Waals surface area contributed by atoms with E-state index in [-0.39, 0.29) is 18.2 Å². The second-order valence-corrected chi connectivity index (χ2v) is 6.34. The Labute approximate surface area is 119 Å². The number of carbonyl (C=O) groups is 3. The number of hydrogen-bond donors (Lipinski definition) is 2. The number of nitrogens with zero attached hydrogens (tertiary/aromatic N) is 1. The minimum atomic E-state index is -1.06. The molecule has 0 bridgehead atoms. The van der Waals surface area contributed by atoms with E-state index in [9.17, 15) is 19.5 Å². The Morgan fingerprint density at radius 3 is 2.35 bits per heavy atom. The van der Waals surface area contributed by atoms with Gasteiger partial charge >= 0.3 is 5.97 Å². The molecular formula is C14H24N2O4. The van der Waals surface area contributed by atoms with Crippen LogP contribution >= 0.6 is 0 Å². The Morgan fingerprint density at radius 2 is 1.90 bits per heavy atom. The van der Waals surface area contributed by atoms with Gasteiger partial charge in [0.05, 0.1) is 17.9 Å². The molecular weight excluding hydrogens is 260 g/mol. The number of carbonyl (C=O) groups excluding carboxylic acids is 2. The van der Waals surface area contributed by atoms with E-state index in [1.54, 1.807) is 27.7 Å². The molecule has 0 saturated carbocycles. The molecule has 1 unspecified atom stereocenters. The lowest BCUT2D eigenvalue weighted by atomic mass is 9.74. The summed E-state index contributed by atoms with van der Waals surface area (Å²) in [6.07, 6.45) is 0.812. The first-order valence-corrected chi connectivity index (χ1v) is 6.90. The summed E-state index contributed by atoms with van der Waals surface area (Å²) >= 11 is 0. The van der Waals surface area contributed by atoms with Gasteiger partial charge in [-0.25, -0.2) is 0 Å². The lowest BCUT2D eigenvalue weighted by Crippen LogP contribution is -2.59. The first-order valence-electron chi connectivity index (χ1n) is 6.90. The molecule has 1 fully saturated rings. The molecule has 1 aliphatic heterocycles. The van der Waals surface area contributed by atoms with E-state index in [0.717, 1.165) is 0 Å². The zero-order valence-electron chi connectivity index (χ0n) is 12.8. The normalized spacial score (nSPS) is 20.6. The molecule has 0 aromatic heterocycles. The summed E-state index contributed by atoms with van der Waals surface area (Å²) in [5, 5.41) is 12.4. The van der Waals surface area contributed by atoms with Crippen LogP contribution in [0.15, 0.2) is 0 Å². The highest BCUT2D eigenvalue weighted by molar-refractivity contribution is 6.05. The highest BCUT2D eigenvalue weighted by atomic mass is 16.4. The minimum absolute atomic E-state index is 0.0952. The highest BCUT2D eigenvalue weighted by Crippen LogP contribution is 2.32. The number of likely N-dealkylation sites (tertiary alicyclic amines) is 1. The van der Waals surface area contributed by atoms with Gasteiger partial charge in [0, 0.05) is 12.1 Å². The van der Waals surface area contributed by atoms with E-state index in [1.165, 1.54) is 4.90 Å². The van der Waals surface area contributed by atoms with Crippen molar-refractivity contribution in [2.75, 3.05) is 6.54 Å². The molecule has 0 radical (unpaired) electrons. The van der Waals surface area contributed by atoms with Crippen LogP contribution in [0, 0.1) is 5.41 Å². The van der Waals surface area contributed by atoms with Crippen LogP contribution in [-0.4, -0.2) is 45.9 Å². The van der Waals surface area contributed by atoms with Crippen molar-refractivity contribution < 1.29 is 19.5 Å². The third kappa shape index (κ3) is 2.85. The number of carboxylic acids is 1. The van der Waals surface area contributed by atoms with Crippen LogP contribution in [0.1, 0.15) is 47.5 Å². The van der Waals surface area contributed by atoms with E-state index in [0.29, 0.717) is 13.0 Å². The van der Waals surface area contributed by atoms with Gasteiger partial charge in [0.2, 0.25) is 11.8 Å². The first-order chi connectivity index (χ1) is 9.04. The lowest BCUT2D eigenvalue weighted by molar-refractivity contribution is -0.152. The number of aliphatic carboxylic acids is 1. The topological polar surface area (TPSA) is 86.7 Å². The maximum Gasteiger partial charge on any atom is 0.310 e. The first kappa shape index (κ1) is 16.6. The number of hydrogen-bond acceptors (Lipinski definition) is 4.